The molecule has 0 amide bonds. The molecule has 0 aliphatic carbocycles. The Morgan fingerprint density at radius 2 is 1.90 bits per heavy atom. The summed E-state index contributed by atoms with van der Waals surface area (Å²) in [5.41, 5.74) is 1.32. The van der Waals surface area contributed by atoms with E-state index in [1.54, 1.807) is 7.11 Å². The minimum absolute atomic E-state index is 0.245. The lowest BCUT2D eigenvalue weighted by Crippen LogP contribution is -2.49. The predicted molar refractivity (Wildman–Crippen MR) is 127 cm³/mol. The lowest BCUT2D eigenvalue weighted by molar-refractivity contribution is 0.0782. The second-order valence-corrected chi connectivity index (χ2v) is 9.80. The van der Waals surface area contributed by atoms with Crippen LogP contribution in [0.15, 0.2) is 29.3 Å². The summed E-state index contributed by atoms with van der Waals surface area (Å²) in [4.78, 5) is 7.08. The molecule has 2 N–H and O–H groups in total. The van der Waals surface area contributed by atoms with Crippen molar-refractivity contribution in [2.24, 2.45) is 4.99 Å². The van der Waals surface area contributed by atoms with E-state index >= 15 is 0 Å². The zero-order chi connectivity index (χ0) is 21.2. The van der Waals surface area contributed by atoms with Gasteiger partial charge in [-0.05, 0) is 62.2 Å². The largest absolute Gasteiger partial charge is 0.497 e. The lowest BCUT2D eigenvalue weighted by Gasteiger charge is -2.37. The topological polar surface area (TPSA) is 58.1 Å². The number of hydrogen-bond donors (Lipinski definition) is 2. The van der Waals surface area contributed by atoms with Gasteiger partial charge in [0.15, 0.2) is 5.96 Å². The van der Waals surface area contributed by atoms with Gasteiger partial charge in [0.05, 0.1) is 13.2 Å². The van der Waals surface area contributed by atoms with E-state index in [0.717, 1.165) is 69.7 Å². The van der Waals surface area contributed by atoms with Gasteiger partial charge in [0, 0.05) is 38.1 Å². The molecule has 0 aromatic heterocycles. The van der Waals surface area contributed by atoms with Crippen molar-refractivity contribution in [3.8, 4) is 5.75 Å². The highest BCUT2D eigenvalue weighted by atomic mass is 32.2. The SMILES string of the molecule is CCSC1(CNC(=NC)NCC(c2ccc(OC)cc2)N2CCCC2)CCOCC1. The third-order valence-corrected chi connectivity index (χ3v) is 7.65. The molecular formula is C23H38N4O2S. The van der Waals surface area contributed by atoms with Gasteiger partial charge in [0.1, 0.15) is 5.75 Å². The van der Waals surface area contributed by atoms with E-state index < -0.39 is 0 Å². The minimum atomic E-state index is 0.245. The highest BCUT2D eigenvalue weighted by molar-refractivity contribution is 8.00. The number of ether oxygens (including phenoxy) is 2. The molecule has 0 bridgehead atoms. The monoisotopic (exact) mass is 434 g/mol. The Hall–Kier alpha value is -1.44. The first kappa shape index (κ1) is 23.2. The molecule has 6 nitrogen and oxygen atoms in total. The van der Waals surface area contributed by atoms with Crippen LogP contribution in [0.1, 0.15) is 44.2 Å². The fourth-order valence-corrected chi connectivity index (χ4v) is 5.66. The summed E-state index contributed by atoms with van der Waals surface area (Å²) in [6, 6.07) is 8.83. The first-order chi connectivity index (χ1) is 14.7. The Kier molecular flexibility index (Phi) is 9.15. The average molecular weight is 435 g/mol. The summed E-state index contributed by atoms with van der Waals surface area (Å²) >= 11 is 2.05. The van der Waals surface area contributed by atoms with Crippen molar-refractivity contribution in [3.63, 3.8) is 0 Å². The quantitative estimate of drug-likeness (QED) is 0.459. The number of rotatable bonds is 9. The zero-order valence-corrected chi connectivity index (χ0v) is 19.6. The maximum atomic E-state index is 5.60. The Balaban J connectivity index is 1.61. The highest BCUT2D eigenvalue weighted by Crippen LogP contribution is 2.34. The summed E-state index contributed by atoms with van der Waals surface area (Å²) < 4.78 is 11.2. The lowest BCUT2D eigenvalue weighted by atomic mass is 9.99. The van der Waals surface area contributed by atoms with Crippen LogP contribution in [0.2, 0.25) is 0 Å². The van der Waals surface area contributed by atoms with Gasteiger partial charge >= 0.3 is 0 Å². The number of hydrogen-bond acceptors (Lipinski definition) is 5. The van der Waals surface area contributed by atoms with Crippen LogP contribution in [0.5, 0.6) is 5.75 Å². The van der Waals surface area contributed by atoms with Crippen LogP contribution in [-0.4, -0.2) is 74.9 Å². The predicted octanol–water partition coefficient (Wildman–Crippen LogP) is 3.30. The molecule has 30 heavy (non-hydrogen) atoms. The maximum Gasteiger partial charge on any atom is 0.191 e. The van der Waals surface area contributed by atoms with Crippen molar-refractivity contribution in [3.05, 3.63) is 29.8 Å². The van der Waals surface area contributed by atoms with Crippen molar-refractivity contribution >= 4 is 17.7 Å². The first-order valence-electron chi connectivity index (χ1n) is 11.2. The second kappa shape index (κ2) is 11.8. The maximum absolute atomic E-state index is 5.60. The van der Waals surface area contributed by atoms with Crippen LogP contribution in [0.25, 0.3) is 0 Å². The Morgan fingerprint density at radius 1 is 1.20 bits per heavy atom. The van der Waals surface area contributed by atoms with E-state index in [4.69, 9.17) is 9.47 Å². The molecule has 3 rings (SSSR count). The Morgan fingerprint density at radius 3 is 2.50 bits per heavy atom. The van der Waals surface area contributed by atoms with E-state index in [1.807, 2.05) is 7.05 Å². The Bertz CT molecular complexity index is 650. The van der Waals surface area contributed by atoms with Crippen molar-refractivity contribution in [2.45, 2.75) is 43.4 Å². The number of aliphatic imine (C=N–C) groups is 1. The van der Waals surface area contributed by atoms with E-state index in [1.165, 1.54) is 18.4 Å². The molecule has 2 fully saturated rings. The molecule has 0 saturated carbocycles. The van der Waals surface area contributed by atoms with E-state index in [0.29, 0.717) is 6.04 Å². The van der Waals surface area contributed by atoms with Crippen LogP contribution >= 0.6 is 11.8 Å². The van der Waals surface area contributed by atoms with Gasteiger partial charge in [-0.3, -0.25) is 9.89 Å². The molecule has 1 aromatic rings. The van der Waals surface area contributed by atoms with Gasteiger partial charge < -0.3 is 20.1 Å². The van der Waals surface area contributed by atoms with Crippen LogP contribution in [0, 0.1) is 0 Å². The molecular weight excluding hydrogens is 396 g/mol. The van der Waals surface area contributed by atoms with Gasteiger partial charge in [0.25, 0.3) is 0 Å². The molecule has 2 aliphatic rings. The first-order valence-corrected chi connectivity index (χ1v) is 12.2. The third kappa shape index (κ3) is 6.28. The number of nitrogens with zero attached hydrogens (tertiary/aromatic N) is 2. The molecule has 0 radical (unpaired) electrons. The normalized spacial score (nSPS) is 20.7. The fourth-order valence-electron chi connectivity index (χ4n) is 4.42. The van der Waals surface area contributed by atoms with E-state index in [9.17, 15) is 0 Å². The molecule has 1 unspecified atom stereocenters. The summed E-state index contributed by atoms with van der Waals surface area (Å²) in [7, 11) is 3.57. The van der Waals surface area contributed by atoms with Gasteiger partial charge in [-0.1, -0.05) is 19.1 Å². The molecule has 1 atom stereocenters. The smallest absolute Gasteiger partial charge is 0.191 e. The third-order valence-electron chi connectivity index (χ3n) is 6.20. The van der Waals surface area contributed by atoms with Gasteiger partial charge in [0.2, 0.25) is 0 Å². The van der Waals surface area contributed by atoms with Crippen molar-refractivity contribution in [1.29, 1.82) is 0 Å². The molecule has 2 aliphatic heterocycles. The number of guanidine groups is 1. The second-order valence-electron chi connectivity index (χ2n) is 8.07. The summed E-state index contributed by atoms with van der Waals surface area (Å²) in [6.07, 6.45) is 4.74. The number of likely N-dealkylation sites (tertiary alicyclic amines) is 1. The number of thioether (sulfide) groups is 1. The Labute approximate surface area is 186 Å². The van der Waals surface area contributed by atoms with Crippen LogP contribution < -0.4 is 15.4 Å². The standard InChI is InChI=1S/C23H38N4O2S/c1-4-30-23(11-15-29-16-12-23)18-26-22(24-2)25-17-21(27-13-5-6-14-27)19-7-9-20(28-3)10-8-19/h7-10,21H,4-6,11-18H2,1-3H3,(H2,24,25,26). The van der Waals surface area contributed by atoms with Gasteiger partial charge in [-0.25, -0.2) is 0 Å². The van der Waals surface area contributed by atoms with Crippen LogP contribution in [0.4, 0.5) is 0 Å². The summed E-state index contributed by atoms with van der Waals surface area (Å²) in [6.45, 7) is 8.02. The molecule has 7 heteroatoms. The van der Waals surface area contributed by atoms with Crippen molar-refractivity contribution in [2.75, 3.05) is 59.3 Å². The average Bonchev–Trinajstić information content (AvgIpc) is 3.32. The summed E-state index contributed by atoms with van der Waals surface area (Å²) in [5, 5.41) is 7.20. The minimum Gasteiger partial charge on any atom is -0.497 e. The van der Waals surface area contributed by atoms with Crippen LogP contribution in [0.3, 0.4) is 0 Å². The summed E-state index contributed by atoms with van der Waals surface area (Å²) in [5.74, 6) is 2.91. The number of methoxy groups -OCH3 is 1. The van der Waals surface area contributed by atoms with E-state index in [-0.39, 0.29) is 4.75 Å². The molecule has 2 heterocycles. The van der Waals surface area contributed by atoms with Crippen LogP contribution in [-0.2, 0) is 4.74 Å². The fraction of sp³-hybridized carbons (Fsp3) is 0.696. The van der Waals surface area contributed by atoms with Gasteiger partial charge in [-0.15, -0.1) is 0 Å². The van der Waals surface area contributed by atoms with E-state index in [2.05, 4.69) is 63.5 Å². The molecule has 168 valence electrons. The molecule has 2 saturated heterocycles. The molecule has 1 aromatic carbocycles. The highest BCUT2D eigenvalue weighted by Gasteiger charge is 2.33. The molecule has 0 spiro atoms. The number of nitrogens with one attached hydrogen (secondary N) is 2. The van der Waals surface area contributed by atoms with Gasteiger partial charge in [-0.2, -0.15) is 11.8 Å². The number of benzene rings is 1. The zero-order valence-electron chi connectivity index (χ0n) is 18.8. The van der Waals surface area contributed by atoms with Crippen molar-refractivity contribution < 1.29 is 9.47 Å². The van der Waals surface area contributed by atoms with Crippen molar-refractivity contribution in [1.82, 2.24) is 15.5 Å².